The maximum absolute atomic E-state index is 5.97. The molecular weight excluding hydrogens is 512 g/mol. The van der Waals surface area contributed by atoms with Crippen molar-refractivity contribution in [2.24, 2.45) is 11.8 Å². The van der Waals surface area contributed by atoms with Gasteiger partial charge in [0.1, 0.15) is 5.52 Å². The van der Waals surface area contributed by atoms with Crippen LogP contribution in [0, 0.1) is 11.8 Å². The molecule has 0 N–H and O–H groups in total. The van der Waals surface area contributed by atoms with Crippen LogP contribution in [-0.4, -0.2) is 9.55 Å². The Hall–Kier alpha value is -4.63. The lowest BCUT2D eigenvalue weighted by Crippen LogP contribution is -1.96. The molecular formula is C39H36N2O. The van der Waals surface area contributed by atoms with E-state index in [1.807, 2.05) is 24.3 Å². The van der Waals surface area contributed by atoms with Crippen LogP contribution in [0.4, 0.5) is 0 Å². The average Bonchev–Trinajstić information content (AvgIpc) is 3.56. The number of rotatable bonds is 7. The highest BCUT2D eigenvalue weighted by Gasteiger charge is 2.15. The highest BCUT2D eigenvalue weighted by molar-refractivity contribution is 6.09. The van der Waals surface area contributed by atoms with Crippen LogP contribution in [-0.2, 0) is 12.8 Å². The highest BCUT2D eigenvalue weighted by atomic mass is 16.3. The van der Waals surface area contributed by atoms with E-state index in [-0.39, 0.29) is 0 Å². The molecule has 0 radical (unpaired) electrons. The molecule has 0 bridgehead atoms. The molecule has 0 spiro atoms. The van der Waals surface area contributed by atoms with Crippen LogP contribution in [0.15, 0.2) is 114 Å². The zero-order valence-electron chi connectivity index (χ0n) is 24.8. The lowest BCUT2D eigenvalue weighted by atomic mass is 9.99. The van der Waals surface area contributed by atoms with Gasteiger partial charge in [-0.1, -0.05) is 76.2 Å². The number of benzene rings is 5. The number of hydrogen-bond donors (Lipinski definition) is 0. The Bertz CT molecular complexity index is 1920. The summed E-state index contributed by atoms with van der Waals surface area (Å²) in [5.41, 5.74) is 11.5. The van der Waals surface area contributed by atoms with Gasteiger partial charge >= 0.3 is 0 Å². The van der Waals surface area contributed by atoms with Crippen LogP contribution in [0.2, 0.25) is 0 Å². The fourth-order valence-corrected chi connectivity index (χ4v) is 6.20. The molecule has 3 heteroatoms. The van der Waals surface area contributed by atoms with Crippen LogP contribution in [0.1, 0.15) is 38.8 Å². The topological polar surface area (TPSA) is 31.0 Å². The van der Waals surface area contributed by atoms with Gasteiger partial charge < -0.3 is 8.98 Å². The summed E-state index contributed by atoms with van der Waals surface area (Å²) in [6.07, 6.45) is 2.18. The van der Waals surface area contributed by atoms with Crippen molar-refractivity contribution < 1.29 is 4.42 Å². The van der Waals surface area contributed by atoms with E-state index in [0.29, 0.717) is 17.7 Å². The minimum Gasteiger partial charge on any atom is -0.436 e. The first-order chi connectivity index (χ1) is 20.4. The fraction of sp³-hybridized carbons (Fsp3) is 0.205. The minimum absolute atomic E-state index is 0.629. The second kappa shape index (κ2) is 10.6. The van der Waals surface area contributed by atoms with Gasteiger partial charge in [-0.05, 0) is 108 Å². The molecule has 208 valence electrons. The van der Waals surface area contributed by atoms with Crippen LogP contribution in [0.25, 0.3) is 61.2 Å². The van der Waals surface area contributed by atoms with E-state index in [1.54, 1.807) is 0 Å². The van der Waals surface area contributed by atoms with Gasteiger partial charge in [0.2, 0.25) is 5.89 Å². The summed E-state index contributed by atoms with van der Waals surface area (Å²) >= 11 is 0. The van der Waals surface area contributed by atoms with Gasteiger partial charge in [-0.3, -0.25) is 0 Å². The molecule has 0 aliphatic heterocycles. The van der Waals surface area contributed by atoms with Crippen LogP contribution in [0.5, 0.6) is 0 Å². The van der Waals surface area contributed by atoms with Crippen molar-refractivity contribution in [3.8, 4) is 28.3 Å². The smallest absolute Gasteiger partial charge is 0.227 e. The third kappa shape index (κ3) is 4.90. The van der Waals surface area contributed by atoms with Gasteiger partial charge in [-0.15, -0.1) is 0 Å². The Labute approximate surface area is 247 Å². The van der Waals surface area contributed by atoms with Gasteiger partial charge in [0.15, 0.2) is 5.58 Å². The molecule has 2 aromatic heterocycles. The Morgan fingerprint density at radius 2 is 1.12 bits per heavy atom. The van der Waals surface area contributed by atoms with Gasteiger partial charge in [0, 0.05) is 22.0 Å². The van der Waals surface area contributed by atoms with Crippen molar-refractivity contribution in [1.29, 1.82) is 0 Å². The summed E-state index contributed by atoms with van der Waals surface area (Å²) in [5.74, 6) is 1.91. The van der Waals surface area contributed by atoms with Crippen molar-refractivity contribution in [2.45, 2.75) is 40.5 Å². The monoisotopic (exact) mass is 548 g/mol. The molecule has 7 rings (SSSR count). The Kier molecular flexibility index (Phi) is 6.66. The normalized spacial score (nSPS) is 12.0. The summed E-state index contributed by atoms with van der Waals surface area (Å²) in [7, 11) is 0. The summed E-state index contributed by atoms with van der Waals surface area (Å²) in [6.45, 7) is 9.16. The van der Waals surface area contributed by atoms with E-state index in [1.165, 1.54) is 49.7 Å². The highest BCUT2D eigenvalue weighted by Crippen LogP contribution is 2.35. The lowest BCUT2D eigenvalue weighted by Gasteiger charge is -2.11. The minimum atomic E-state index is 0.629. The standard InChI is InChI=1S/C39H36N2O/c1-25(2)21-27-9-19-36-33(23-27)34-24-28(22-26(3)4)10-20-37(34)41(36)32-17-15-30(16-18-32)29-11-13-31(14-12-29)39-40-35-7-5-6-8-38(35)42-39/h5-20,23-26H,21-22H2,1-4H3. The van der Waals surface area contributed by atoms with Gasteiger partial charge in [-0.2, -0.15) is 0 Å². The quantitative estimate of drug-likeness (QED) is 0.198. The molecule has 2 heterocycles. The molecule has 0 saturated carbocycles. The number of para-hydroxylation sites is 2. The number of nitrogens with zero attached hydrogens (tertiary/aromatic N) is 2. The summed E-state index contributed by atoms with van der Waals surface area (Å²) in [4.78, 5) is 4.64. The van der Waals surface area contributed by atoms with E-state index in [9.17, 15) is 0 Å². The lowest BCUT2D eigenvalue weighted by molar-refractivity contribution is 0.620. The van der Waals surface area contributed by atoms with Gasteiger partial charge in [0.25, 0.3) is 0 Å². The Balaban J connectivity index is 1.25. The maximum Gasteiger partial charge on any atom is 0.227 e. The van der Waals surface area contributed by atoms with E-state index < -0.39 is 0 Å². The summed E-state index contributed by atoms with van der Waals surface area (Å²) in [6, 6.07) is 39.4. The molecule has 0 aliphatic carbocycles. The predicted molar refractivity (Wildman–Crippen MR) is 176 cm³/mol. The van der Waals surface area contributed by atoms with Gasteiger partial charge in [-0.25, -0.2) is 4.98 Å². The Morgan fingerprint density at radius 1 is 0.595 bits per heavy atom. The number of oxazole rings is 1. The molecule has 0 saturated heterocycles. The maximum atomic E-state index is 5.97. The predicted octanol–water partition coefficient (Wildman–Crippen LogP) is 10.7. The first-order valence-corrected chi connectivity index (χ1v) is 15.1. The van der Waals surface area contributed by atoms with Crippen molar-refractivity contribution in [1.82, 2.24) is 9.55 Å². The summed E-state index contributed by atoms with van der Waals surface area (Å²) in [5, 5.41) is 2.68. The van der Waals surface area contributed by atoms with E-state index in [2.05, 4.69) is 122 Å². The molecule has 0 unspecified atom stereocenters. The van der Waals surface area contributed by atoms with Crippen LogP contribution < -0.4 is 0 Å². The van der Waals surface area contributed by atoms with E-state index >= 15 is 0 Å². The van der Waals surface area contributed by atoms with Crippen molar-refractivity contribution >= 4 is 32.9 Å². The van der Waals surface area contributed by atoms with E-state index in [4.69, 9.17) is 4.42 Å². The fourth-order valence-electron chi connectivity index (χ4n) is 6.20. The number of hydrogen-bond acceptors (Lipinski definition) is 2. The average molecular weight is 549 g/mol. The molecule has 5 aromatic carbocycles. The molecule has 7 aromatic rings. The molecule has 42 heavy (non-hydrogen) atoms. The third-order valence-corrected chi connectivity index (χ3v) is 8.07. The van der Waals surface area contributed by atoms with Crippen LogP contribution >= 0.6 is 0 Å². The molecule has 0 aliphatic rings. The zero-order valence-corrected chi connectivity index (χ0v) is 24.8. The molecule has 0 amide bonds. The number of fused-ring (bicyclic) bond motifs is 4. The van der Waals surface area contributed by atoms with Crippen LogP contribution in [0.3, 0.4) is 0 Å². The van der Waals surface area contributed by atoms with Crippen molar-refractivity contribution in [3.63, 3.8) is 0 Å². The SMILES string of the molecule is CC(C)Cc1ccc2c(c1)c1cc(CC(C)C)ccc1n2-c1ccc(-c2ccc(-c3nc4ccccc4o3)cc2)cc1. The first kappa shape index (κ1) is 26.3. The second-order valence-corrected chi connectivity index (χ2v) is 12.3. The molecule has 0 fully saturated rings. The Morgan fingerprint density at radius 3 is 1.67 bits per heavy atom. The second-order valence-electron chi connectivity index (χ2n) is 12.3. The third-order valence-electron chi connectivity index (χ3n) is 8.07. The molecule has 0 atom stereocenters. The first-order valence-electron chi connectivity index (χ1n) is 15.1. The number of aromatic nitrogens is 2. The van der Waals surface area contributed by atoms with Crippen molar-refractivity contribution in [2.75, 3.05) is 0 Å². The van der Waals surface area contributed by atoms with E-state index in [0.717, 1.165) is 29.5 Å². The van der Waals surface area contributed by atoms with Crippen molar-refractivity contribution in [3.05, 3.63) is 120 Å². The molecule has 3 nitrogen and oxygen atoms in total. The zero-order chi connectivity index (χ0) is 28.8. The van der Waals surface area contributed by atoms with Gasteiger partial charge in [0.05, 0.1) is 11.0 Å². The largest absolute Gasteiger partial charge is 0.436 e. The summed E-state index contributed by atoms with van der Waals surface area (Å²) < 4.78 is 8.38.